The summed E-state index contributed by atoms with van der Waals surface area (Å²) < 4.78 is 4.94. The van der Waals surface area contributed by atoms with Crippen LogP contribution in [0.5, 0.6) is 0 Å². The average Bonchev–Trinajstić information content (AvgIpc) is 2.61. The van der Waals surface area contributed by atoms with Crippen LogP contribution in [0.25, 0.3) is 0 Å². The Kier molecular flexibility index (Phi) is 6.08. The molecule has 0 aromatic heterocycles. The molecule has 1 heterocycles. The summed E-state index contributed by atoms with van der Waals surface area (Å²) in [6, 6.07) is 0. The van der Waals surface area contributed by atoms with Crippen molar-refractivity contribution in [2.24, 2.45) is 0 Å². The Hall–Kier alpha value is -0.280. The van der Waals surface area contributed by atoms with Crippen molar-refractivity contribution in [3.05, 3.63) is 0 Å². The van der Waals surface area contributed by atoms with Crippen molar-refractivity contribution in [3.63, 3.8) is 0 Å². The van der Waals surface area contributed by atoms with Gasteiger partial charge in [0, 0.05) is 13.2 Å². The molecule has 0 saturated carbocycles. The molecule has 0 spiro atoms. The number of carboxylic acid groups (broad SMARTS) is 1. The molecule has 1 fully saturated rings. The number of carbonyl (C=O) groups is 1. The van der Waals surface area contributed by atoms with Crippen LogP contribution in [0.15, 0.2) is 0 Å². The minimum Gasteiger partial charge on any atom is -0.480 e. The van der Waals surface area contributed by atoms with Gasteiger partial charge in [-0.25, -0.2) is 0 Å². The van der Waals surface area contributed by atoms with E-state index in [1.807, 2.05) is 0 Å². The quantitative estimate of drug-likeness (QED) is 0.709. The van der Waals surface area contributed by atoms with E-state index >= 15 is 0 Å². The molecule has 1 rings (SSSR count). The van der Waals surface area contributed by atoms with Crippen LogP contribution >= 0.6 is 11.6 Å². The van der Waals surface area contributed by atoms with Crippen LogP contribution in [0, 0.1) is 0 Å². The minimum absolute atomic E-state index is 0.448. The third-order valence-electron chi connectivity index (χ3n) is 1.94. The normalized spacial score (nSPS) is 19.9. The minimum atomic E-state index is -1.07. The van der Waals surface area contributed by atoms with Gasteiger partial charge in [-0.15, -0.1) is 11.6 Å². The lowest BCUT2D eigenvalue weighted by Crippen LogP contribution is -2.26. The van der Waals surface area contributed by atoms with E-state index in [9.17, 15) is 4.79 Å². The highest BCUT2D eigenvalue weighted by atomic mass is 35.5. The molecule has 1 saturated heterocycles. The highest BCUT2D eigenvalue weighted by Crippen LogP contribution is 2.17. The van der Waals surface area contributed by atoms with Crippen molar-refractivity contribution in [1.29, 1.82) is 0 Å². The van der Waals surface area contributed by atoms with E-state index in [4.69, 9.17) is 21.4 Å². The smallest absolute Gasteiger partial charge is 0.324 e. The fraction of sp³-hybridized carbons (Fsp3) is 0.889. The zero-order valence-corrected chi connectivity index (χ0v) is 8.93. The Morgan fingerprint density at radius 3 is 2.08 bits per heavy atom. The first-order valence-electron chi connectivity index (χ1n) is 4.50. The van der Waals surface area contributed by atoms with E-state index in [-0.39, 0.29) is 0 Å². The van der Waals surface area contributed by atoms with Crippen LogP contribution in [0.2, 0.25) is 0 Å². The molecule has 0 aromatic carbocycles. The number of halogens is 1. The molecule has 1 N–H and O–H groups in total. The lowest BCUT2D eigenvalue weighted by molar-refractivity contribution is -0.139. The maximum Gasteiger partial charge on any atom is 0.324 e. The fourth-order valence-electron chi connectivity index (χ4n) is 0.662. The first-order chi connectivity index (χ1) is 6.00. The Morgan fingerprint density at radius 2 is 2.00 bits per heavy atom. The second-order valence-corrected chi connectivity index (χ2v) is 4.01. The lowest BCUT2D eigenvalue weighted by atomic mass is 10.1. The van der Waals surface area contributed by atoms with Gasteiger partial charge < -0.3 is 9.84 Å². The summed E-state index contributed by atoms with van der Waals surface area (Å²) in [5, 5.41) is 8.31. The van der Waals surface area contributed by atoms with E-state index in [1.54, 1.807) is 6.92 Å². The largest absolute Gasteiger partial charge is 0.480 e. The van der Waals surface area contributed by atoms with Gasteiger partial charge in [0.25, 0.3) is 0 Å². The first kappa shape index (κ1) is 12.7. The van der Waals surface area contributed by atoms with Gasteiger partial charge >= 0.3 is 5.97 Å². The van der Waals surface area contributed by atoms with E-state index in [0.717, 1.165) is 13.2 Å². The highest BCUT2D eigenvalue weighted by Gasteiger charge is 2.26. The van der Waals surface area contributed by atoms with Crippen molar-refractivity contribution >= 4 is 17.6 Å². The number of ether oxygens (including phenoxy) is 1. The molecule has 78 valence electrons. The van der Waals surface area contributed by atoms with Gasteiger partial charge in [0.15, 0.2) is 0 Å². The van der Waals surface area contributed by atoms with Crippen molar-refractivity contribution in [2.75, 3.05) is 13.2 Å². The van der Waals surface area contributed by atoms with E-state index < -0.39 is 10.8 Å². The Bertz CT molecular complexity index is 145. The number of hydrogen-bond acceptors (Lipinski definition) is 2. The zero-order valence-electron chi connectivity index (χ0n) is 8.18. The van der Waals surface area contributed by atoms with Crippen molar-refractivity contribution in [1.82, 2.24) is 0 Å². The van der Waals surface area contributed by atoms with Gasteiger partial charge in [0.1, 0.15) is 4.87 Å². The molecule has 0 aliphatic carbocycles. The topological polar surface area (TPSA) is 46.5 Å². The van der Waals surface area contributed by atoms with Crippen molar-refractivity contribution in [2.45, 2.75) is 38.0 Å². The van der Waals surface area contributed by atoms with Crippen molar-refractivity contribution in [3.8, 4) is 0 Å². The molecule has 1 unspecified atom stereocenters. The molecule has 1 aliphatic rings. The molecule has 0 aromatic rings. The van der Waals surface area contributed by atoms with E-state index in [0.29, 0.717) is 6.42 Å². The molecule has 4 heteroatoms. The first-order valence-corrected chi connectivity index (χ1v) is 4.88. The third kappa shape index (κ3) is 5.88. The zero-order chi connectivity index (χ0) is 10.3. The maximum atomic E-state index is 10.1. The lowest BCUT2D eigenvalue weighted by Gasteiger charge is -2.11. The second kappa shape index (κ2) is 6.22. The molecule has 1 aliphatic heterocycles. The number of rotatable bonds is 2. The molecule has 0 radical (unpaired) electrons. The number of alkyl halides is 1. The summed E-state index contributed by atoms with van der Waals surface area (Å²) in [5.74, 6) is -0.957. The van der Waals surface area contributed by atoms with Crippen LogP contribution in [-0.2, 0) is 9.53 Å². The summed E-state index contributed by atoms with van der Waals surface area (Å²) in [6.07, 6.45) is 3.00. The molecular formula is C9H17ClO3. The summed E-state index contributed by atoms with van der Waals surface area (Å²) in [6.45, 7) is 5.22. The second-order valence-electron chi connectivity index (χ2n) is 3.18. The van der Waals surface area contributed by atoms with Crippen LogP contribution in [-0.4, -0.2) is 29.2 Å². The molecule has 3 nitrogen and oxygen atoms in total. The average molecular weight is 209 g/mol. The van der Waals surface area contributed by atoms with Gasteiger partial charge in [-0.2, -0.15) is 0 Å². The molecule has 0 amide bonds. The summed E-state index contributed by atoms with van der Waals surface area (Å²) >= 11 is 5.46. The predicted molar refractivity (Wildman–Crippen MR) is 52.2 cm³/mol. The fourth-order valence-corrected chi connectivity index (χ4v) is 0.662. The Labute approximate surface area is 84.0 Å². The van der Waals surface area contributed by atoms with Crippen LogP contribution in [0.1, 0.15) is 33.1 Å². The van der Waals surface area contributed by atoms with Crippen LogP contribution < -0.4 is 0 Å². The Morgan fingerprint density at radius 1 is 1.54 bits per heavy atom. The summed E-state index contributed by atoms with van der Waals surface area (Å²) in [4.78, 5) is 9.05. The predicted octanol–water partition coefficient (Wildman–Crippen LogP) is 2.28. The van der Waals surface area contributed by atoms with E-state index in [2.05, 4.69) is 0 Å². The van der Waals surface area contributed by atoms with Crippen LogP contribution in [0.4, 0.5) is 0 Å². The van der Waals surface area contributed by atoms with Crippen molar-refractivity contribution < 1.29 is 14.6 Å². The third-order valence-corrected chi connectivity index (χ3v) is 2.37. The molecule has 1 atom stereocenters. The standard InChI is InChI=1S/C5H9ClO2.C4H8O/c1-3-5(2,6)4(7)8;1-2-4-5-3-1/h3H2,1-2H3,(H,7,8);1-4H2. The van der Waals surface area contributed by atoms with Gasteiger partial charge in [0.2, 0.25) is 0 Å². The van der Waals surface area contributed by atoms with Gasteiger partial charge in [0.05, 0.1) is 0 Å². The Balaban J connectivity index is 0.000000243. The maximum absolute atomic E-state index is 10.1. The highest BCUT2D eigenvalue weighted by molar-refractivity contribution is 6.33. The number of aliphatic carboxylic acids is 1. The van der Waals surface area contributed by atoms with Gasteiger partial charge in [-0.05, 0) is 26.2 Å². The van der Waals surface area contributed by atoms with Crippen LogP contribution in [0.3, 0.4) is 0 Å². The number of hydrogen-bond donors (Lipinski definition) is 1. The van der Waals surface area contributed by atoms with Gasteiger partial charge in [-0.3, -0.25) is 4.79 Å². The monoisotopic (exact) mass is 208 g/mol. The molecular weight excluding hydrogens is 192 g/mol. The van der Waals surface area contributed by atoms with Gasteiger partial charge in [-0.1, -0.05) is 6.92 Å². The summed E-state index contributed by atoms with van der Waals surface area (Å²) in [5.41, 5.74) is 0. The van der Waals surface area contributed by atoms with E-state index in [1.165, 1.54) is 19.8 Å². The SMILES string of the molecule is C1CCOC1.CCC(C)(Cl)C(=O)O. The molecule has 13 heavy (non-hydrogen) atoms. The number of carboxylic acids is 1. The summed E-state index contributed by atoms with van der Waals surface area (Å²) in [7, 11) is 0. The molecule has 0 bridgehead atoms.